The molecule has 0 saturated carbocycles. The van der Waals surface area contributed by atoms with Gasteiger partial charge in [-0.25, -0.2) is 0 Å². The van der Waals surface area contributed by atoms with Crippen molar-refractivity contribution in [2.45, 2.75) is 18.2 Å². The Morgan fingerprint density at radius 2 is 2.12 bits per heavy atom. The van der Waals surface area contributed by atoms with Crippen LogP contribution in [0.25, 0.3) is 0 Å². The zero-order valence-electron chi connectivity index (χ0n) is 9.36. The maximum absolute atomic E-state index is 11.7. The summed E-state index contributed by atoms with van der Waals surface area (Å²) in [6.07, 6.45) is 1.75. The molecule has 0 fully saturated rings. The van der Waals surface area contributed by atoms with Gasteiger partial charge in [-0.05, 0) is 25.3 Å². The molecule has 0 aromatic heterocycles. The highest BCUT2D eigenvalue weighted by atomic mass is 32.2. The molecule has 1 aromatic rings. The van der Waals surface area contributed by atoms with Crippen LogP contribution in [0.15, 0.2) is 29.2 Å². The molecule has 3 nitrogen and oxygen atoms in total. The van der Waals surface area contributed by atoms with E-state index in [2.05, 4.69) is 0 Å². The topological polar surface area (TPSA) is 43.4 Å². The van der Waals surface area contributed by atoms with E-state index < -0.39 is 5.97 Å². The molecule has 0 saturated heterocycles. The van der Waals surface area contributed by atoms with Gasteiger partial charge in [0.1, 0.15) is 6.42 Å². The minimum absolute atomic E-state index is 0.189. The first-order valence-corrected chi connectivity index (χ1v) is 6.22. The fraction of sp³-hybridized carbons (Fsp3) is 0.333. The zero-order chi connectivity index (χ0) is 12.0. The average molecular weight is 238 g/mol. The van der Waals surface area contributed by atoms with Crippen molar-refractivity contribution in [3.05, 3.63) is 29.8 Å². The third kappa shape index (κ3) is 3.70. The highest BCUT2D eigenvalue weighted by molar-refractivity contribution is 7.98. The van der Waals surface area contributed by atoms with E-state index in [1.54, 1.807) is 30.8 Å². The van der Waals surface area contributed by atoms with E-state index in [9.17, 15) is 9.59 Å². The number of hydrogen-bond acceptors (Lipinski definition) is 4. The lowest BCUT2D eigenvalue weighted by molar-refractivity contribution is -0.141. The van der Waals surface area contributed by atoms with Crippen molar-refractivity contribution < 1.29 is 14.3 Å². The van der Waals surface area contributed by atoms with E-state index in [-0.39, 0.29) is 12.2 Å². The van der Waals surface area contributed by atoms with Gasteiger partial charge in [0.15, 0.2) is 5.78 Å². The minimum Gasteiger partial charge on any atom is -0.466 e. The van der Waals surface area contributed by atoms with Gasteiger partial charge in [0, 0.05) is 10.5 Å². The van der Waals surface area contributed by atoms with Crippen LogP contribution in [0.3, 0.4) is 0 Å². The maximum atomic E-state index is 11.7. The smallest absolute Gasteiger partial charge is 0.313 e. The van der Waals surface area contributed by atoms with E-state index in [4.69, 9.17) is 4.74 Å². The Bertz CT molecular complexity index is 388. The Morgan fingerprint density at radius 1 is 1.38 bits per heavy atom. The number of esters is 1. The van der Waals surface area contributed by atoms with E-state index in [1.165, 1.54) is 0 Å². The zero-order valence-corrected chi connectivity index (χ0v) is 10.2. The molecule has 0 N–H and O–H groups in total. The number of Topliss-reactive ketones (excluding diaryl/α,β-unsaturated/α-hetero) is 1. The molecule has 0 aliphatic heterocycles. The van der Waals surface area contributed by atoms with Crippen molar-refractivity contribution in [3.63, 3.8) is 0 Å². The Hall–Kier alpha value is -1.29. The lowest BCUT2D eigenvalue weighted by atomic mass is 10.1. The molecule has 0 bridgehead atoms. The summed E-state index contributed by atoms with van der Waals surface area (Å²) in [6.45, 7) is 2.02. The van der Waals surface area contributed by atoms with Crippen LogP contribution in [-0.2, 0) is 9.53 Å². The molecular weight excluding hydrogens is 224 g/mol. The van der Waals surface area contributed by atoms with Crippen molar-refractivity contribution >= 4 is 23.5 Å². The van der Waals surface area contributed by atoms with Gasteiger partial charge >= 0.3 is 5.97 Å². The minimum atomic E-state index is -0.470. The largest absolute Gasteiger partial charge is 0.466 e. The van der Waals surface area contributed by atoms with Crippen LogP contribution < -0.4 is 0 Å². The molecule has 0 heterocycles. The summed E-state index contributed by atoms with van der Waals surface area (Å²) in [5.41, 5.74) is 0.555. The summed E-state index contributed by atoms with van der Waals surface area (Å²) in [5, 5.41) is 0. The molecule has 1 rings (SSSR count). The van der Waals surface area contributed by atoms with Crippen molar-refractivity contribution in [3.8, 4) is 0 Å². The van der Waals surface area contributed by atoms with Crippen molar-refractivity contribution in [1.29, 1.82) is 0 Å². The molecule has 0 aliphatic rings. The fourth-order valence-corrected chi connectivity index (χ4v) is 1.70. The van der Waals surface area contributed by atoms with Crippen LogP contribution in [0.1, 0.15) is 23.7 Å². The number of ether oxygens (including phenoxy) is 1. The monoisotopic (exact) mass is 238 g/mol. The third-order valence-corrected chi connectivity index (χ3v) is 2.73. The molecule has 86 valence electrons. The first kappa shape index (κ1) is 12.8. The summed E-state index contributed by atoms with van der Waals surface area (Å²) in [6, 6.07) is 7.23. The second-order valence-electron chi connectivity index (χ2n) is 3.14. The van der Waals surface area contributed by atoms with Crippen molar-refractivity contribution in [2.24, 2.45) is 0 Å². The number of carbonyl (C=O) groups is 2. The van der Waals surface area contributed by atoms with Crippen molar-refractivity contribution in [2.75, 3.05) is 12.9 Å². The molecule has 4 heteroatoms. The standard InChI is InChI=1S/C12H14O3S/c1-3-15-12(14)8-11(13)9-5-4-6-10(7-9)16-2/h4-7H,3,8H2,1-2H3. The second kappa shape index (κ2) is 6.33. The highest BCUT2D eigenvalue weighted by Gasteiger charge is 2.12. The number of carbonyl (C=O) groups excluding carboxylic acids is 2. The highest BCUT2D eigenvalue weighted by Crippen LogP contribution is 2.16. The predicted octanol–water partition coefficient (Wildman–Crippen LogP) is 2.54. The first-order chi connectivity index (χ1) is 7.67. The maximum Gasteiger partial charge on any atom is 0.313 e. The normalized spacial score (nSPS) is 9.88. The molecule has 0 aliphatic carbocycles. The van der Waals surface area contributed by atoms with Gasteiger partial charge in [-0.1, -0.05) is 12.1 Å². The second-order valence-corrected chi connectivity index (χ2v) is 4.02. The molecule has 0 amide bonds. The van der Waals surface area contributed by atoms with Gasteiger partial charge in [0.05, 0.1) is 6.61 Å². The molecule has 16 heavy (non-hydrogen) atoms. The number of hydrogen-bond donors (Lipinski definition) is 0. The van der Waals surface area contributed by atoms with Crippen LogP contribution in [0.2, 0.25) is 0 Å². The molecule has 1 aromatic carbocycles. The number of thioether (sulfide) groups is 1. The summed E-state index contributed by atoms with van der Waals surface area (Å²) < 4.78 is 4.73. The quantitative estimate of drug-likeness (QED) is 0.342. The van der Waals surface area contributed by atoms with Gasteiger partial charge in [0.25, 0.3) is 0 Å². The fourth-order valence-electron chi connectivity index (χ4n) is 1.24. The van der Waals surface area contributed by atoms with E-state index >= 15 is 0 Å². The SMILES string of the molecule is CCOC(=O)CC(=O)c1cccc(SC)c1. The summed E-state index contributed by atoms with van der Waals surface area (Å²) >= 11 is 1.56. The summed E-state index contributed by atoms with van der Waals surface area (Å²) in [5.74, 6) is -0.670. The van der Waals surface area contributed by atoms with Crippen LogP contribution >= 0.6 is 11.8 Å². The van der Waals surface area contributed by atoms with E-state index in [1.807, 2.05) is 18.4 Å². The lowest BCUT2D eigenvalue weighted by Crippen LogP contribution is -2.11. The van der Waals surface area contributed by atoms with Gasteiger partial charge in [-0.3, -0.25) is 9.59 Å². The Labute approximate surface area is 99.2 Å². The van der Waals surface area contributed by atoms with Crippen molar-refractivity contribution in [1.82, 2.24) is 0 Å². The Balaban J connectivity index is 2.69. The van der Waals surface area contributed by atoms with Crippen LogP contribution in [-0.4, -0.2) is 24.6 Å². The number of ketones is 1. The Kier molecular flexibility index (Phi) is 5.05. The van der Waals surface area contributed by atoms with E-state index in [0.29, 0.717) is 12.2 Å². The number of benzene rings is 1. The molecular formula is C12H14O3S. The molecule has 0 atom stereocenters. The number of rotatable bonds is 5. The van der Waals surface area contributed by atoms with Crippen LogP contribution in [0, 0.1) is 0 Å². The van der Waals surface area contributed by atoms with Crippen LogP contribution in [0.5, 0.6) is 0 Å². The molecule has 0 unspecified atom stereocenters. The van der Waals surface area contributed by atoms with Gasteiger partial charge in [-0.15, -0.1) is 11.8 Å². The van der Waals surface area contributed by atoms with Gasteiger partial charge in [-0.2, -0.15) is 0 Å². The van der Waals surface area contributed by atoms with E-state index in [0.717, 1.165) is 4.90 Å². The van der Waals surface area contributed by atoms with Gasteiger partial charge in [0.2, 0.25) is 0 Å². The Morgan fingerprint density at radius 3 is 2.75 bits per heavy atom. The molecule has 0 spiro atoms. The summed E-state index contributed by atoms with van der Waals surface area (Å²) in [7, 11) is 0. The first-order valence-electron chi connectivity index (χ1n) is 5.00. The summed E-state index contributed by atoms with van der Waals surface area (Å²) in [4.78, 5) is 23.8. The molecule has 0 radical (unpaired) electrons. The lowest BCUT2D eigenvalue weighted by Gasteiger charge is -2.03. The average Bonchev–Trinajstić information content (AvgIpc) is 2.29. The van der Waals surface area contributed by atoms with Gasteiger partial charge < -0.3 is 4.74 Å². The third-order valence-electron chi connectivity index (χ3n) is 2.00. The predicted molar refractivity (Wildman–Crippen MR) is 63.8 cm³/mol. The van der Waals surface area contributed by atoms with Crippen LogP contribution in [0.4, 0.5) is 0 Å².